The number of hydrogen-bond acceptors (Lipinski definition) is 5. The van der Waals surface area contributed by atoms with E-state index in [2.05, 4.69) is 4.90 Å². The summed E-state index contributed by atoms with van der Waals surface area (Å²) < 4.78 is 17.2. The molecule has 1 aromatic carbocycles. The standard InChI is InChI=1S/C18H26N2O4/c1-13-12-22-16-14(6-5-7-15(16)23-13)19-8-10-20(11-9-19)17(21)24-18(2,3)4/h5-7,13H,8-12H2,1-4H3. The lowest BCUT2D eigenvalue weighted by Crippen LogP contribution is -2.50. The van der Waals surface area contributed by atoms with E-state index in [1.54, 1.807) is 4.90 Å². The Labute approximate surface area is 143 Å². The molecule has 2 aliphatic rings. The molecular weight excluding hydrogens is 308 g/mol. The number of amides is 1. The molecule has 6 heteroatoms. The molecule has 0 bridgehead atoms. The van der Waals surface area contributed by atoms with E-state index in [0.717, 1.165) is 30.3 Å². The summed E-state index contributed by atoms with van der Waals surface area (Å²) in [6, 6.07) is 5.96. The van der Waals surface area contributed by atoms with Crippen molar-refractivity contribution in [3.63, 3.8) is 0 Å². The zero-order valence-corrected chi connectivity index (χ0v) is 14.9. The van der Waals surface area contributed by atoms with Gasteiger partial charge in [0.2, 0.25) is 0 Å². The van der Waals surface area contributed by atoms with Gasteiger partial charge in [0.05, 0.1) is 5.69 Å². The van der Waals surface area contributed by atoms with Crippen LogP contribution in [-0.4, -0.2) is 55.5 Å². The summed E-state index contributed by atoms with van der Waals surface area (Å²) >= 11 is 0. The minimum atomic E-state index is -0.464. The highest BCUT2D eigenvalue weighted by molar-refractivity contribution is 5.70. The van der Waals surface area contributed by atoms with Crippen molar-refractivity contribution in [1.82, 2.24) is 4.90 Å². The van der Waals surface area contributed by atoms with E-state index in [0.29, 0.717) is 19.7 Å². The molecule has 1 unspecified atom stereocenters. The first-order chi connectivity index (χ1) is 11.3. The van der Waals surface area contributed by atoms with Gasteiger partial charge < -0.3 is 24.0 Å². The molecule has 0 saturated carbocycles. The highest BCUT2D eigenvalue weighted by Gasteiger charge is 2.28. The molecule has 0 N–H and O–H groups in total. The fraction of sp³-hybridized carbons (Fsp3) is 0.611. The van der Waals surface area contributed by atoms with Gasteiger partial charge in [-0.2, -0.15) is 0 Å². The molecule has 24 heavy (non-hydrogen) atoms. The minimum Gasteiger partial charge on any atom is -0.484 e. The summed E-state index contributed by atoms with van der Waals surface area (Å²) in [7, 11) is 0. The van der Waals surface area contributed by atoms with Gasteiger partial charge in [0.25, 0.3) is 0 Å². The number of anilines is 1. The summed E-state index contributed by atoms with van der Waals surface area (Å²) in [5, 5.41) is 0. The van der Waals surface area contributed by atoms with Crippen LogP contribution in [0, 0.1) is 0 Å². The number of nitrogens with zero attached hydrogens (tertiary/aromatic N) is 2. The monoisotopic (exact) mass is 334 g/mol. The number of hydrogen-bond donors (Lipinski definition) is 0. The minimum absolute atomic E-state index is 0.0664. The topological polar surface area (TPSA) is 51.2 Å². The van der Waals surface area contributed by atoms with E-state index in [1.807, 2.05) is 45.9 Å². The van der Waals surface area contributed by atoms with E-state index >= 15 is 0 Å². The second-order valence-corrected chi connectivity index (χ2v) is 7.30. The lowest BCUT2D eigenvalue weighted by Gasteiger charge is -2.38. The molecule has 1 aromatic rings. The highest BCUT2D eigenvalue weighted by Crippen LogP contribution is 2.40. The van der Waals surface area contributed by atoms with Crippen LogP contribution >= 0.6 is 0 Å². The second-order valence-electron chi connectivity index (χ2n) is 7.30. The van der Waals surface area contributed by atoms with Gasteiger partial charge in [-0.25, -0.2) is 4.79 Å². The van der Waals surface area contributed by atoms with Crippen molar-refractivity contribution >= 4 is 11.8 Å². The van der Waals surface area contributed by atoms with Gasteiger partial charge in [-0.1, -0.05) is 6.07 Å². The van der Waals surface area contributed by atoms with Crippen LogP contribution in [0.25, 0.3) is 0 Å². The zero-order valence-electron chi connectivity index (χ0n) is 14.9. The number of fused-ring (bicyclic) bond motifs is 1. The molecule has 132 valence electrons. The summed E-state index contributed by atoms with van der Waals surface area (Å²) in [6.07, 6.45) is -0.178. The first-order valence-electron chi connectivity index (χ1n) is 8.49. The Hall–Kier alpha value is -2.11. The first-order valence-corrected chi connectivity index (χ1v) is 8.49. The quantitative estimate of drug-likeness (QED) is 0.790. The van der Waals surface area contributed by atoms with Crippen molar-refractivity contribution in [2.75, 3.05) is 37.7 Å². The number of para-hydroxylation sites is 1. The van der Waals surface area contributed by atoms with Crippen molar-refractivity contribution in [3.8, 4) is 11.5 Å². The molecule has 2 aliphatic heterocycles. The molecule has 1 amide bonds. The number of piperazine rings is 1. The molecule has 6 nitrogen and oxygen atoms in total. The summed E-state index contributed by atoms with van der Waals surface area (Å²) in [5.74, 6) is 1.60. The normalized spacial score (nSPS) is 20.8. The van der Waals surface area contributed by atoms with Crippen LogP contribution in [0.5, 0.6) is 11.5 Å². The molecule has 0 spiro atoms. The van der Waals surface area contributed by atoms with Gasteiger partial charge in [0.1, 0.15) is 18.3 Å². The number of benzene rings is 1. The molecular formula is C18H26N2O4. The molecule has 0 aromatic heterocycles. The van der Waals surface area contributed by atoms with E-state index in [1.165, 1.54) is 0 Å². The van der Waals surface area contributed by atoms with Crippen LogP contribution < -0.4 is 14.4 Å². The van der Waals surface area contributed by atoms with Gasteiger partial charge in [-0.15, -0.1) is 0 Å². The largest absolute Gasteiger partial charge is 0.484 e. The van der Waals surface area contributed by atoms with E-state index < -0.39 is 5.60 Å². The fourth-order valence-corrected chi connectivity index (χ4v) is 2.90. The average molecular weight is 334 g/mol. The Bertz CT molecular complexity index is 604. The van der Waals surface area contributed by atoms with Gasteiger partial charge in [0.15, 0.2) is 11.5 Å². The summed E-state index contributed by atoms with van der Waals surface area (Å²) in [4.78, 5) is 16.2. The van der Waals surface area contributed by atoms with E-state index in [-0.39, 0.29) is 12.2 Å². The van der Waals surface area contributed by atoms with Crippen LogP contribution in [0.2, 0.25) is 0 Å². The third-order valence-corrected chi connectivity index (χ3v) is 4.02. The molecule has 0 aliphatic carbocycles. The van der Waals surface area contributed by atoms with Gasteiger partial charge in [-0.3, -0.25) is 0 Å². The Kier molecular flexibility index (Phi) is 4.47. The van der Waals surface area contributed by atoms with Crippen LogP contribution in [0.4, 0.5) is 10.5 Å². The lowest BCUT2D eigenvalue weighted by atomic mass is 10.2. The fourth-order valence-electron chi connectivity index (χ4n) is 2.90. The number of carbonyl (C=O) groups excluding carboxylic acids is 1. The van der Waals surface area contributed by atoms with Crippen molar-refractivity contribution in [3.05, 3.63) is 18.2 Å². The molecule has 1 saturated heterocycles. The predicted molar refractivity (Wildman–Crippen MR) is 92.0 cm³/mol. The maximum Gasteiger partial charge on any atom is 0.410 e. The molecule has 3 rings (SSSR count). The van der Waals surface area contributed by atoms with Crippen molar-refractivity contribution in [1.29, 1.82) is 0 Å². The summed E-state index contributed by atoms with van der Waals surface area (Å²) in [6.45, 7) is 11.0. The molecule has 2 heterocycles. The van der Waals surface area contributed by atoms with Crippen LogP contribution in [-0.2, 0) is 4.74 Å². The number of ether oxygens (including phenoxy) is 3. The van der Waals surface area contributed by atoms with E-state index in [4.69, 9.17) is 14.2 Å². The second kappa shape index (κ2) is 6.42. The van der Waals surface area contributed by atoms with Crippen molar-refractivity contribution in [2.45, 2.75) is 39.4 Å². The summed E-state index contributed by atoms with van der Waals surface area (Å²) in [5.41, 5.74) is 0.567. The maximum atomic E-state index is 12.2. The third-order valence-electron chi connectivity index (χ3n) is 4.02. The van der Waals surface area contributed by atoms with Crippen molar-refractivity contribution < 1.29 is 19.0 Å². The average Bonchev–Trinajstić information content (AvgIpc) is 2.52. The Morgan fingerprint density at radius 1 is 1.21 bits per heavy atom. The highest BCUT2D eigenvalue weighted by atomic mass is 16.6. The van der Waals surface area contributed by atoms with Crippen LogP contribution in [0.1, 0.15) is 27.7 Å². The lowest BCUT2D eigenvalue weighted by molar-refractivity contribution is 0.0240. The van der Waals surface area contributed by atoms with Gasteiger partial charge in [0, 0.05) is 26.2 Å². The van der Waals surface area contributed by atoms with Crippen LogP contribution in [0.15, 0.2) is 18.2 Å². The number of rotatable bonds is 1. The van der Waals surface area contributed by atoms with Gasteiger partial charge >= 0.3 is 6.09 Å². The maximum absolute atomic E-state index is 12.2. The zero-order chi connectivity index (χ0) is 17.3. The smallest absolute Gasteiger partial charge is 0.410 e. The third kappa shape index (κ3) is 3.68. The molecule has 0 radical (unpaired) electrons. The molecule has 1 fully saturated rings. The van der Waals surface area contributed by atoms with Gasteiger partial charge in [-0.05, 0) is 39.8 Å². The Balaban J connectivity index is 1.65. The van der Waals surface area contributed by atoms with E-state index in [9.17, 15) is 4.79 Å². The Morgan fingerprint density at radius 2 is 1.92 bits per heavy atom. The Morgan fingerprint density at radius 3 is 2.58 bits per heavy atom. The molecule has 1 atom stereocenters. The SMILES string of the molecule is CC1COc2c(cccc2N2CCN(C(=O)OC(C)(C)C)CC2)O1. The van der Waals surface area contributed by atoms with Crippen LogP contribution in [0.3, 0.4) is 0 Å². The first kappa shape index (κ1) is 16.7. The predicted octanol–water partition coefficient (Wildman–Crippen LogP) is 2.90. The van der Waals surface area contributed by atoms with Crippen molar-refractivity contribution in [2.24, 2.45) is 0 Å². The number of carbonyl (C=O) groups is 1.